The number of hydrogen-bond acceptors (Lipinski definition) is 4. The van der Waals surface area contributed by atoms with E-state index in [0.717, 1.165) is 67.2 Å². The molecular formula is C20H27BrN4O2. The second-order valence-electron chi connectivity index (χ2n) is 7.63. The Bertz CT molecular complexity index is 821. The van der Waals surface area contributed by atoms with Crippen molar-refractivity contribution in [1.82, 2.24) is 19.6 Å². The highest BCUT2D eigenvalue weighted by Crippen LogP contribution is 2.26. The first kappa shape index (κ1) is 18.9. The van der Waals surface area contributed by atoms with Crippen molar-refractivity contribution in [2.45, 2.75) is 37.8 Å². The van der Waals surface area contributed by atoms with Crippen molar-refractivity contribution in [3.63, 3.8) is 0 Å². The van der Waals surface area contributed by atoms with Crippen molar-refractivity contribution in [2.24, 2.45) is 7.05 Å². The van der Waals surface area contributed by atoms with E-state index >= 15 is 0 Å². The molecule has 0 atom stereocenters. The number of piperidine rings is 2. The minimum absolute atomic E-state index is 0.0962. The summed E-state index contributed by atoms with van der Waals surface area (Å²) in [6.07, 6.45) is 4.74. The predicted molar refractivity (Wildman–Crippen MR) is 109 cm³/mol. The lowest BCUT2D eigenvalue weighted by atomic mass is 9.98. The molecular weight excluding hydrogens is 408 g/mol. The number of ether oxygens (including phenoxy) is 1. The van der Waals surface area contributed by atoms with Gasteiger partial charge in [-0.15, -0.1) is 0 Å². The van der Waals surface area contributed by atoms with Crippen LogP contribution in [0.1, 0.15) is 36.2 Å². The first-order valence-electron chi connectivity index (χ1n) is 9.75. The van der Waals surface area contributed by atoms with E-state index in [1.165, 1.54) is 0 Å². The Labute approximate surface area is 168 Å². The summed E-state index contributed by atoms with van der Waals surface area (Å²) >= 11 is 3.48. The number of amides is 1. The number of benzene rings is 1. The van der Waals surface area contributed by atoms with E-state index in [0.29, 0.717) is 17.8 Å². The minimum atomic E-state index is 0.0962. The molecule has 146 valence electrons. The summed E-state index contributed by atoms with van der Waals surface area (Å²) in [7, 11) is 3.67. The third-order valence-electron chi connectivity index (χ3n) is 6.08. The van der Waals surface area contributed by atoms with Crippen molar-refractivity contribution < 1.29 is 9.53 Å². The molecule has 0 unspecified atom stereocenters. The third-order valence-corrected chi connectivity index (χ3v) is 6.57. The number of halogens is 1. The van der Waals surface area contributed by atoms with Crippen LogP contribution in [0.5, 0.6) is 0 Å². The smallest absolute Gasteiger partial charge is 0.272 e. The summed E-state index contributed by atoms with van der Waals surface area (Å²) in [5, 5.41) is 5.44. The van der Waals surface area contributed by atoms with Crippen LogP contribution in [0.3, 0.4) is 0 Å². The molecule has 2 aromatic rings. The highest BCUT2D eigenvalue weighted by Gasteiger charge is 2.31. The molecule has 2 aliphatic rings. The zero-order valence-electron chi connectivity index (χ0n) is 16.0. The van der Waals surface area contributed by atoms with Crippen molar-refractivity contribution in [3.8, 4) is 0 Å². The highest BCUT2D eigenvalue weighted by atomic mass is 79.9. The second kappa shape index (κ2) is 7.89. The van der Waals surface area contributed by atoms with E-state index in [4.69, 9.17) is 4.74 Å². The lowest BCUT2D eigenvalue weighted by Gasteiger charge is -2.41. The number of aryl methyl sites for hydroxylation is 1. The molecule has 2 fully saturated rings. The van der Waals surface area contributed by atoms with Gasteiger partial charge in [0.25, 0.3) is 5.91 Å². The number of carbonyl (C=O) groups is 1. The molecule has 0 bridgehead atoms. The molecule has 4 rings (SSSR count). The van der Waals surface area contributed by atoms with Crippen LogP contribution in [0, 0.1) is 0 Å². The molecule has 27 heavy (non-hydrogen) atoms. The van der Waals surface area contributed by atoms with E-state index < -0.39 is 0 Å². The van der Waals surface area contributed by atoms with E-state index in [1.54, 1.807) is 4.68 Å². The van der Waals surface area contributed by atoms with Crippen LogP contribution in [0.15, 0.2) is 22.7 Å². The summed E-state index contributed by atoms with van der Waals surface area (Å²) in [5.74, 6) is 0.0962. The van der Waals surface area contributed by atoms with Gasteiger partial charge < -0.3 is 14.5 Å². The van der Waals surface area contributed by atoms with Gasteiger partial charge in [0.2, 0.25) is 0 Å². The minimum Gasteiger partial charge on any atom is -0.381 e. The van der Waals surface area contributed by atoms with E-state index in [-0.39, 0.29) is 5.91 Å². The molecule has 6 nitrogen and oxygen atoms in total. The first-order chi connectivity index (χ1) is 13.1. The zero-order chi connectivity index (χ0) is 19.0. The van der Waals surface area contributed by atoms with Gasteiger partial charge in [0.15, 0.2) is 0 Å². The van der Waals surface area contributed by atoms with Crippen molar-refractivity contribution >= 4 is 32.7 Å². The van der Waals surface area contributed by atoms with Crippen molar-refractivity contribution in [1.29, 1.82) is 0 Å². The fourth-order valence-corrected chi connectivity index (χ4v) is 4.84. The molecule has 0 aliphatic carbocycles. The Balaban J connectivity index is 1.41. The van der Waals surface area contributed by atoms with E-state index in [9.17, 15) is 4.79 Å². The molecule has 1 amide bonds. The van der Waals surface area contributed by atoms with Crippen molar-refractivity contribution in [3.05, 3.63) is 28.4 Å². The first-order valence-corrected chi connectivity index (χ1v) is 10.5. The number of methoxy groups -OCH3 is 1. The van der Waals surface area contributed by atoms with Gasteiger partial charge in [-0.2, -0.15) is 5.10 Å². The van der Waals surface area contributed by atoms with Crippen LogP contribution < -0.4 is 0 Å². The average molecular weight is 435 g/mol. The molecule has 0 saturated carbocycles. The largest absolute Gasteiger partial charge is 0.381 e. The maximum Gasteiger partial charge on any atom is 0.272 e. The lowest BCUT2D eigenvalue weighted by molar-refractivity contribution is 0.0144. The number of aromatic nitrogens is 2. The summed E-state index contributed by atoms with van der Waals surface area (Å²) in [6.45, 7) is 3.85. The van der Waals surface area contributed by atoms with Gasteiger partial charge >= 0.3 is 0 Å². The number of fused-ring (bicyclic) bond motifs is 1. The van der Waals surface area contributed by atoms with E-state index in [2.05, 4.69) is 25.9 Å². The van der Waals surface area contributed by atoms with Crippen LogP contribution in [0.2, 0.25) is 0 Å². The Morgan fingerprint density at radius 1 is 1.15 bits per heavy atom. The van der Waals surface area contributed by atoms with Crippen LogP contribution >= 0.6 is 15.9 Å². The number of nitrogens with zero attached hydrogens (tertiary/aromatic N) is 4. The van der Waals surface area contributed by atoms with Gasteiger partial charge in [-0.1, -0.05) is 15.9 Å². The van der Waals surface area contributed by atoms with Crippen molar-refractivity contribution in [2.75, 3.05) is 33.3 Å². The average Bonchev–Trinajstić information content (AvgIpc) is 3.02. The van der Waals surface area contributed by atoms with Gasteiger partial charge in [0.1, 0.15) is 5.69 Å². The van der Waals surface area contributed by atoms with Crippen LogP contribution in [-0.4, -0.2) is 70.9 Å². The van der Waals surface area contributed by atoms with Gasteiger partial charge in [-0.3, -0.25) is 9.48 Å². The molecule has 0 radical (unpaired) electrons. The molecule has 0 N–H and O–H groups in total. The fraction of sp³-hybridized carbons (Fsp3) is 0.600. The molecule has 2 aliphatic heterocycles. The third kappa shape index (κ3) is 3.77. The van der Waals surface area contributed by atoms with Gasteiger partial charge in [-0.05, 0) is 43.9 Å². The Morgan fingerprint density at radius 3 is 2.52 bits per heavy atom. The normalized spacial score (nSPS) is 20.5. The molecule has 1 aromatic heterocycles. The maximum atomic E-state index is 13.2. The monoisotopic (exact) mass is 434 g/mol. The van der Waals surface area contributed by atoms with Crippen LogP contribution in [0.4, 0.5) is 0 Å². The molecule has 3 heterocycles. The number of rotatable bonds is 3. The topological polar surface area (TPSA) is 50.6 Å². The zero-order valence-corrected chi connectivity index (χ0v) is 17.6. The number of likely N-dealkylation sites (tertiary alicyclic amines) is 2. The molecule has 0 spiro atoms. The summed E-state index contributed by atoms with van der Waals surface area (Å²) < 4.78 is 8.18. The molecule has 7 heteroatoms. The Kier molecular flexibility index (Phi) is 5.53. The van der Waals surface area contributed by atoms with Crippen LogP contribution in [0.25, 0.3) is 10.9 Å². The predicted octanol–water partition coefficient (Wildman–Crippen LogP) is 3.05. The number of hydrogen-bond donors (Lipinski definition) is 0. The summed E-state index contributed by atoms with van der Waals surface area (Å²) in [4.78, 5) is 17.8. The Morgan fingerprint density at radius 2 is 1.85 bits per heavy atom. The number of carbonyl (C=O) groups excluding carboxylic acids is 1. The van der Waals surface area contributed by atoms with Gasteiger partial charge in [0.05, 0.1) is 11.6 Å². The maximum absolute atomic E-state index is 13.2. The van der Waals surface area contributed by atoms with Gasteiger partial charge in [-0.25, -0.2) is 0 Å². The summed E-state index contributed by atoms with van der Waals surface area (Å²) in [5.41, 5.74) is 1.54. The van der Waals surface area contributed by atoms with Gasteiger partial charge in [0, 0.05) is 56.2 Å². The quantitative estimate of drug-likeness (QED) is 0.744. The fourth-order valence-electron chi connectivity index (χ4n) is 4.49. The Hall–Kier alpha value is -1.44. The molecule has 1 aromatic carbocycles. The standard InChI is InChI=1S/C20H27BrN4O2/c1-23-19(17-4-3-14(21)13-18(17)22-23)20(26)25-9-5-15(6-10-25)24-11-7-16(27-2)8-12-24/h3-4,13,15-16H,5-12H2,1-2H3. The summed E-state index contributed by atoms with van der Waals surface area (Å²) in [6, 6.07) is 6.50. The van der Waals surface area contributed by atoms with Crippen LogP contribution in [-0.2, 0) is 11.8 Å². The second-order valence-corrected chi connectivity index (χ2v) is 8.54. The molecule has 2 saturated heterocycles. The lowest BCUT2D eigenvalue weighted by Crippen LogP contribution is -2.49. The SMILES string of the molecule is COC1CCN(C2CCN(C(=O)c3c4ccc(Br)cc4nn3C)CC2)CC1. The van der Waals surface area contributed by atoms with E-state index in [1.807, 2.05) is 37.3 Å². The highest BCUT2D eigenvalue weighted by molar-refractivity contribution is 9.10.